The molecule has 1 rings (SSSR count). The first kappa shape index (κ1) is 17.2. The largest absolute Gasteiger partial charge is 0.481 e. The third-order valence-corrected chi connectivity index (χ3v) is 3.10. The fraction of sp³-hybridized carbons (Fsp3) is 0.769. The molecule has 8 heteroatoms. The van der Waals surface area contributed by atoms with E-state index in [-0.39, 0.29) is 31.2 Å². The van der Waals surface area contributed by atoms with E-state index >= 15 is 0 Å². The molecule has 21 heavy (non-hydrogen) atoms. The Balaban J connectivity index is 2.48. The molecule has 0 saturated carbocycles. The lowest BCUT2D eigenvalue weighted by molar-refractivity contribution is -0.142. The standard InChI is InChI=1S/C13H23N3O5/c1-13(2,3)15-10(17)5-14-12(20)16(4)9-7-21-6-8(9)11(18)19/h8-9H,5-7H2,1-4H3,(H,14,20)(H,15,17)(H,18,19). The number of carboxylic acid groups (broad SMARTS) is 1. The molecular formula is C13H23N3O5. The number of hydrogen-bond acceptors (Lipinski definition) is 4. The summed E-state index contributed by atoms with van der Waals surface area (Å²) in [6.07, 6.45) is 0. The number of rotatable bonds is 4. The molecule has 1 aliphatic heterocycles. The van der Waals surface area contributed by atoms with Gasteiger partial charge >= 0.3 is 12.0 Å². The normalized spacial score (nSPS) is 21.7. The number of carbonyl (C=O) groups is 3. The van der Waals surface area contributed by atoms with Crippen molar-refractivity contribution in [3.05, 3.63) is 0 Å². The summed E-state index contributed by atoms with van der Waals surface area (Å²) in [6, 6.07) is -1.03. The molecule has 0 aliphatic carbocycles. The van der Waals surface area contributed by atoms with Crippen LogP contribution in [0.25, 0.3) is 0 Å². The molecular weight excluding hydrogens is 278 g/mol. The van der Waals surface area contributed by atoms with E-state index in [0.29, 0.717) is 0 Å². The molecule has 120 valence electrons. The predicted octanol–water partition coefficient (Wildman–Crippen LogP) is -0.358. The molecule has 0 radical (unpaired) electrons. The predicted molar refractivity (Wildman–Crippen MR) is 74.8 cm³/mol. The molecule has 0 bridgehead atoms. The fourth-order valence-corrected chi connectivity index (χ4v) is 2.05. The molecule has 1 heterocycles. The van der Waals surface area contributed by atoms with Gasteiger partial charge in [0, 0.05) is 12.6 Å². The van der Waals surface area contributed by atoms with Gasteiger partial charge in [-0.05, 0) is 20.8 Å². The minimum Gasteiger partial charge on any atom is -0.481 e. The number of likely N-dealkylation sites (N-methyl/N-ethyl adjacent to an activating group) is 1. The van der Waals surface area contributed by atoms with Crippen molar-refractivity contribution >= 4 is 17.9 Å². The van der Waals surface area contributed by atoms with Gasteiger partial charge in [-0.25, -0.2) is 4.79 Å². The molecule has 0 aromatic rings. The first-order chi connectivity index (χ1) is 9.61. The van der Waals surface area contributed by atoms with Gasteiger partial charge in [0.15, 0.2) is 0 Å². The lowest BCUT2D eigenvalue weighted by Gasteiger charge is -2.27. The monoisotopic (exact) mass is 301 g/mol. The molecule has 3 N–H and O–H groups in total. The van der Waals surface area contributed by atoms with Crippen LogP contribution >= 0.6 is 0 Å². The second kappa shape index (κ2) is 6.75. The summed E-state index contributed by atoms with van der Waals surface area (Å²) in [5.74, 6) is -2.05. The summed E-state index contributed by atoms with van der Waals surface area (Å²) in [7, 11) is 1.49. The second-order valence-corrected chi connectivity index (χ2v) is 6.12. The molecule has 1 fully saturated rings. The molecule has 0 spiro atoms. The summed E-state index contributed by atoms with van der Waals surface area (Å²) in [6.45, 7) is 5.62. The number of aliphatic carboxylic acids is 1. The van der Waals surface area contributed by atoms with Crippen molar-refractivity contribution in [3.8, 4) is 0 Å². The van der Waals surface area contributed by atoms with Gasteiger partial charge in [-0.2, -0.15) is 0 Å². The van der Waals surface area contributed by atoms with Crippen molar-refractivity contribution in [2.24, 2.45) is 5.92 Å². The third kappa shape index (κ3) is 5.22. The first-order valence-electron chi connectivity index (χ1n) is 6.74. The van der Waals surface area contributed by atoms with E-state index in [9.17, 15) is 14.4 Å². The number of amides is 3. The maximum absolute atomic E-state index is 12.0. The SMILES string of the molecule is CN(C(=O)NCC(=O)NC(C)(C)C)C1COCC1C(=O)O. The van der Waals surface area contributed by atoms with Gasteiger partial charge in [0.25, 0.3) is 0 Å². The van der Waals surface area contributed by atoms with Gasteiger partial charge < -0.3 is 25.4 Å². The zero-order valence-electron chi connectivity index (χ0n) is 12.8. The molecule has 3 amide bonds. The number of nitrogens with zero attached hydrogens (tertiary/aromatic N) is 1. The highest BCUT2D eigenvalue weighted by Crippen LogP contribution is 2.18. The Morgan fingerprint density at radius 3 is 2.43 bits per heavy atom. The minimum atomic E-state index is -0.998. The highest BCUT2D eigenvalue weighted by molar-refractivity contribution is 5.84. The number of hydrogen-bond donors (Lipinski definition) is 3. The van der Waals surface area contributed by atoms with Crippen molar-refractivity contribution in [2.75, 3.05) is 26.8 Å². The van der Waals surface area contributed by atoms with E-state index in [0.717, 1.165) is 0 Å². The zero-order chi connectivity index (χ0) is 16.2. The van der Waals surface area contributed by atoms with Crippen LogP contribution in [0.4, 0.5) is 4.79 Å². The zero-order valence-corrected chi connectivity index (χ0v) is 12.8. The van der Waals surface area contributed by atoms with Gasteiger partial charge in [0.05, 0.1) is 25.8 Å². The summed E-state index contributed by atoms with van der Waals surface area (Å²) in [5.41, 5.74) is -0.374. The van der Waals surface area contributed by atoms with E-state index in [1.54, 1.807) is 0 Å². The maximum atomic E-state index is 12.0. The van der Waals surface area contributed by atoms with Crippen molar-refractivity contribution in [2.45, 2.75) is 32.4 Å². The molecule has 0 aromatic heterocycles. The van der Waals surface area contributed by atoms with Crippen LogP contribution in [0.1, 0.15) is 20.8 Å². The Labute approximate surface area is 123 Å². The van der Waals surface area contributed by atoms with Crippen LogP contribution in [-0.2, 0) is 14.3 Å². The highest BCUT2D eigenvalue weighted by atomic mass is 16.5. The Morgan fingerprint density at radius 1 is 1.29 bits per heavy atom. The van der Waals surface area contributed by atoms with E-state index < -0.39 is 24.0 Å². The van der Waals surface area contributed by atoms with Crippen molar-refractivity contribution < 1.29 is 24.2 Å². The van der Waals surface area contributed by atoms with Crippen LogP contribution < -0.4 is 10.6 Å². The third-order valence-electron chi connectivity index (χ3n) is 3.10. The summed E-state index contributed by atoms with van der Waals surface area (Å²) in [4.78, 5) is 35.9. The average Bonchev–Trinajstić information content (AvgIpc) is 2.82. The summed E-state index contributed by atoms with van der Waals surface area (Å²) >= 11 is 0. The first-order valence-corrected chi connectivity index (χ1v) is 6.74. The highest BCUT2D eigenvalue weighted by Gasteiger charge is 2.38. The lowest BCUT2D eigenvalue weighted by atomic mass is 10.0. The summed E-state index contributed by atoms with van der Waals surface area (Å²) < 4.78 is 5.11. The number of ether oxygens (including phenoxy) is 1. The van der Waals surface area contributed by atoms with Crippen LogP contribution in [0.3, 0.4) is 0 Å². The average molecular weight is 301 g/mol. The van der Waals surface area contributed by atoms with Gasteiger partial charge in [0.2, 0.25) is 5.91 Å². The number of nitrogens with one attached hydrogen (secondary N) is 2. The van der Waals surface area contributed by atoms with E-state index in [1.165, 1.54) is 11.9 Å². The fourth-order valence-electron chi connectivity index (χ4n) is 2.05. The number of carbonyl (C=O) groups excluding carboxylic acids is 2. The Hall–Kier alpha value is -1.83. The van der Waals surface area contributed by atoms with Crippen LogP contribution in [0.15, 0.2) is 0 Å². The Kier molecular flexibility index (Phi) is 5.54. The Morgan fingerprint density at radius 2 is 1.90 bits per heavy atom. The second-order valence-electron chi connectivity index (χ2n) is 6.12. The smallest absolute Gasteiger partial charge is 0.317 e. The van der Waals surface area contributed by atoms with E-state index in [1.807, 2.05) is 20.8 Å². The van der Waals surface area contributed by atoms with Gasteiger partial charge in [-0.3, -0.25) is 9.59 Å². The van der Waals surface area contributed by atoms with Crippen molar-refractivity contribution in [3.63, 3.8) is 0 Å². The number of carboxylic acids is 1. The minimum absolute atomic E-state index is 0.0854. The van der Waals surface area contributed by atoms with Crippen LogP contribution in [0.5, 0.6) is 0 Å². The van der Waals surface area contributed by atoms with Gasteiger partial charge in [-0.15, -0.1) is 0 Å². The molecule has 1 aliphatic rings. The van der Waals surface area contributed by atoms with Crippen LogP contribution in [0.2, 0.25) is 0 Å². The topological polar surface area (TPSA) is 108 Å². The molecule has 0 aromatic carbocycles. The van der Waals surface area contributed by atoms with Crippen LogP contribution in [0, 0.1) is 5.92 Å². The van der Waals surface area contributed by atoms with E-state index in [4.69, 9.17) is 9.84 Å². The Bertz CT molecular complexity index is 419. The van der Waals surface area contributed by atoms with Gasteiger partial charge in [0.1, 0.15) is 5.92 Å². The van der Waals surface area contributed by atoms with E-state index in [2.05, 4.69) is 10.6 Å². The quantitative estimate of drug-likeness (QED) is 0.657. The van der Waals surface area contributed by atoms with Crippen molar-refractivity contribution in [1.29, 1.82) is 0 Å². The lowest BCUT2D eigenvalue weighted by Crippen LogP contribution is -2.51. The number of urea groups is 1. The van der Waals surface area contributed by atoms with Crippen LogP contribution in [-0.4, -0.2) is 66.3 Å². The maximum Gasteiger partial charge on any atom is 0.317 e. The summed E-state index contributed by atoms with van der Waals surface area (Å²) in [5, 5.41) is 14.2. The molecule has 1 saturated heterocycles. The molecule has 2 unspecified atom stereocenters. The van der Waals surface area contributed by atoms with Crippen molar-refractivity contribution in [1.82, 2.24) is 15.5 Å². The van der Waals surface area contributed by atoms with Gasteiger partial charge in [-0.1, -0.05) is 0 Å². The molecule has 8 nitrogen and oxygen atoms in total. The molecule has 2 atom stereocenters.